The van der Waals surface area contributed by atoms with E-state index in [0.717, 1.165) is 11.1 Å². The number of nitrogens with zero attached hydrogens (tertiary/aromatic N) is 1. The van der Waals surface area contributed by atoms with Gasteiger partial charge in [-0.25, -0.2) is 4.79 Å². The van der Waals surface area contributed by atoms with E-state index in [1.807, 2.05) is 72.8 Å². The molecule has 1 aliphatic rings. The maximum Gasteiger partial charge on any atom is 0.415 e. The van der Waals surface area contributed by atoms with Crippen LogP contribution in [-0.4, -0.2) is 11.9 Å². The van der Waals surface area contributed by atoms with Crippen LogP contribution >= 0.6 is 0 Å². The van der Waals surface area contributed by atoms with Gasteiger partial charge in [0.2, 0.25) is 0 Å². The molecule has 1 amide bonds. The lowest BCUT2D eigenvalue weighted by Gasteiger charge is -2.35. The number of rotatable bonds is 3. The van der Waals surface area contributed by atoms with Gasteiger partial charge < -0.3 is 4.74 Å². The fourth-order valence-corrected chi connectivity index (χ4v) is 3.42. The van der Waals surface area contributed by atoms with Crippen LogP contribution in [0.5, 0.6) is 0 Å². The van der Waals surface area contributed by atoms with Gasteiger partial charge in [0, 0.05) is 12.0 Å². The van der Waals surface area contributed by atoms with E-state index in [4.69, 9.17) is 4.74 Å². The zero-order chi connectivity index (χ0) is 18.6. The van der Waals surface area contributed by atoms with Gasteiger partial charge in [0.15, 0.2) is 5.78 Å². The van der Waals surface area contributed by atoms with E-state index in [1.54, 1.807) is 17.0 Å². The van der Waals surface area contributed by atoms with E-state index in [2.05, 4.69) is 0 Å². The van der Waals surface area contributed by atoms with Crippen LogP contribution in [0.1, 0.15) is 33.9 Å². The number of hydrogen-bond donors (Lipinski definition) is 0. The third-order valence-corrected chi connectivity index (χ3v) is 4.74. The van der Waals surface area contributed by atoms with Crippen LogP contribution in [0.25, 0.3) is 0 Å². The zero-order valence-electron chi connectivity index (χ0n) is 14.7. The summed E-state index contributed by atoms with van der Waals surface area (Å²) in [5, 5.41) is 0. The van der Waals surface area contributed by atoms with Gasteiger partial charge in [0.05, 0.1) is 11.7 Å². The number of fused-ring (bicyclic) bond motifs is 1. The third-order valence-electron chi connectivity index (χ3n) is 4.74. The van der Waals surface area contributed by atoms with Crippen molar-refractivity contribution in [2.24, 2.45) is 0 Å². The molecule has 0 N–H and O–H groups in total. The SMILES string of the molecule is O=C1C[C@@H](c2ccccc2)N(C(=O)OCc2ccccc2)c2ccccc21. The Kier molecular flexibility index (Phi) is 4.71. The lowest BCUT2D eigenvalue weighted by atomic mass is 9.90. The van der Waals surface area contributed by atoms with Gasteiger partial charge in [-0.2, -0.15) is 0 Å². The van der Waals surface area contributed by atoms with Crippen molar-refractivity contribution < 1.29 is 14.3 Å². The molecule has 0 saturated carbocycles. The number of amides is 1. The molecule has 0 spiro atoms. The smallest absolute Gasteiger partial charge is 0.415 e. The molecule has 1 heterocycles. The molecule has 1 atom stereocenters. The first kappa shape index (κ1) is 17.0. The fourth-order valence-electron chi connectivity index (χ4n) is 3.42. The highest BCUT2D eigenvalue weighted by Gasteiger charge is 2.36. The van der Waals surface area contributed by atoms with E-state index in [9.17, 15) is 9.59 Å². The van der Waals surface area contributed by atoms with E-state index in [0.29, 0.717) is 11.3 Å². The molecular formula is C23H19NO3. The van der Waals surface area contributed by atoms with Crippen molar-refractivity contribution in [1.29, 1.82) is 0 Å². The molecule has 3 aromatic rings. The van der Waals surface area contributed by atoms with Gasteiger partial charge in [-0.05, 0) is 23.3 Å². The summed E-state index contributed by atoms with van der Waals surface area (Å²) in [6, 6.07) is 26.0. The molecule has 0 fully saturated rings. The minimum absolute atomic E-state index is 0.0339. The average molecular weight is 357 g/mol. The van der Waals surface area contributed by atoms with Crippen molar-refractivity contribution >= 4 is 17.6 Å². The van der Waals surface area contributed by atoms with Crippen molar-refractivity contribution in [3.05, 3.63) is 102 Å². The molecule has 0 saturated heterocycles. The van der Waals surface area contributed by atoms with Gasteiger partial charge in [0.25, 0.3) is 0 Å². The van der Waals surface area contributed by atoms with Crippen molar-refractivity contribution in [3.8, 4) is 0 Å². The molecule has 0 aliphatic carbocycles. The van der Waals surface area contributed by atoms with Crippen LogP contribution in [0.3, 0.4) is 0 Å². The number of para-hydroxylation sites is 1. The quantitative estimate of drug-likeness (QED) is 0.651. The Morgan fingerprint density at radius 2 is 1.52 bits per heavy atom. The second kappa shape index (κ2) is 7.46. The van der Waals surface area contributed by atoms with E-state index in [1.165, 1.54) is 0 Å². The van der Waals surface area contributed by atoms with Crippen molar-refractivity contribution in [2.45, 2.75) is 19.1 Å². The predicted octanol–water partition coefficient (Wildman–Crippen LogP) is 5.16. The Morgan fingerprint density at radius 3 is 2.26 bits per heavy atom. The standard InChI is InChI=1S/C23H19NO3/c25-22-15-21(18-11-5-2-6-12-18)24(20-14-8-7-13-19(20)22)23(26)27-16-17-9-3-1-4-10-17/h1-14,21H,15-16H2/t21-/m0/s1. The number of ether oxygens (including phenoxy) is 1. The Labute approximate surface area is 158 Å². The monoisotopic (exact) mass is 357 g/mol. The summed E-state index contributed by atoms with van der Waals surface area (Å²) in [5.41, 5.74) is 2.99. The van der Waals surface area contributed by atoms with Crippen molar-refractivity contribution in [2.75, 3.05) is 4.90 Å². The van der Waals surface area contributed by atoms with Gasteiger partial charge in [-0.3, -0.25) is 9.69 Å². The Balaban J connectivity index is 1.67. The maximum absolute atomic E-state index is 13.0. The molecule has 0 bridgehead atoms. The first-order valence-corrected chi connectivity index (χ1v) is 8.91. The molecule has 1 aliphatic heterocycles. The fraction of sp³-hybridized carbons (Fsp3) is 0.130. The average Bonchev–Trinajstić information content (AvgIpc) is 2.73. The number of carbonyl (C=O) groups excluding carboxylic acids is 2. The summed E-state index contributed by atoms with van der Waals surface area (Å²) in [5.74, 6) is 0.0339. The van der Waals surface area contributed by atoms with Crippen LogP contribution in [0, 0.1) is 0 Å². The minimum Gasteiger partial charge on any atom is -0.444 e. The molecule has 134 valence electrons. The Morgan fingerprint density at radius 1 is 0.889 bits per heavy atom. The van der Waals surface area contributed by atoms with E-state index >= 15 is 0 Å². The van der Waals surface area contributed by atoms with Gasteiger partial charge in [-0.1, -0.05) is 72.8 Å². The third kappa shape index (κ3) is 3.47. The molecule has 3 aromatic carbocycles. The minimum atomic E-state index is -0.451. The highest BCUT2D eigenvalue weighted by Crippen LogP contribution is 2.38. The van der Waals surface area contributed by atoms with Crippen molar-refractivity contribution in [3.63, 3.8) is 0 Å². The largest absolute Gasteiger partial charge is 0.444 e. The van der Waals surface area contributed by atoms with Crippen LogP contribution < -0.4 is 4.90 Å². The summed E-state index contributed by atoms with van der Waals surface area (Å²) in [6.45, 7) is 0.188. The number of anilines is 1. The van der Waals surface area contributed by atoms with E-state index < -0.39 is 6.09 Å². The molecule has 27 heavy (non-hydrogen) atoms. The summed E-state index contributed by atoms with van der Waals surface area (Å²) >= 11 is 0. The summed E-state index contributed by atoms with van der Waals surface area (Å²) < 4.78 is 5.59. The molecule has 0 aromatic heterocycles. The van der Waals surface area contributed by atoms with Crippen molar-refractivity contribution in [1.82, 2.24) is 0 Å². The number of Topliss-reactive ketones (excluding diaryl/α,β-unsaturated/α-hetero) is 1. The molecule has 0 unspecified atom stereocenters. The van der Waals surface area contributed by atoms with E-state index in [-0.39, 0.29) is 24.9 Å². The molecule has 0 radical (unpaired) electrons. The summed E-state index contributed by atoms with van der Waals surface area (Å²) in [4.78, 5) is 27.3. The van der Waals surface area contributed by atoms with Gasteiger partial charge in [-0.15, -0.1) is 0 Å². The lowest BCUT2D eigenvalue weighted by Crippen LogP contribution is -2.40. The summed E-state index contributed by atoms with van der Waals surface area (Å²) in [7, 11) is 0. The van der Waals surface area contributed by atoms with Gasteiger partial charge >= 0.3 is 6.09 Å². The topological polar surface area (TPSA) is 46.6 Å². The molecular weight excluding hydrogens is 338 g/mol. The molecule has 4 nitrogen and oxygen atoms in total. The number of hydrogen-bond acceptors (Lipinski definition) is 3. The van der Waals surface area contributed by atoms with Crippen LogP contribution in [0.2, 0.25) is 0 Å². The normalized spacial score (nSPS) is 15.9. The maximum atomic E-state index is 13.0. The lowest BCUT2D eigenvalue weighted by molar-refractivity contribution is 0.0961. The highest BCUT2D eigenvalue weighted by atomic mass is 16.6. The van der Waals surface area contributed by atoms with Crippen LogP contribution in [0.4, 0.5) is 10.5 Å². The second-order valence-corrected chi connectivity index (χ2v) is 6.48. The van der Waals surface area contributed by atoms with Crippen LogP contribution in [0.15, 0.2) is 84.9 Å². The van der Waals surface area contributed by atoms with Crippen LogP contribution in [-0.2, 0) is 11.3 Å². The Hall–Kier alpha value is -3.40. The highest BCUT2D eigenvalue weighted by molar-refractivity contribution is 6.08. The second-order valence-electron chi connectivity index (χ2n) is 6.48. The Bertz CT molecular complexity index is 954. The predicted molar refractivity (Wildman–Crippen MR) is 104 cm³/mol. The number of benzene rings is 3. The number of ketones is 1. The first-order chi connectivity index (χ1) is 13.2. The molecule has 4 rings (SSSR count). The first-order valence-electron chi connectivity index (χ1n) is 8.91. The zero-order valence-corrected chi connectivity index (χ0v) is 14.7. The molecule has 4 heteroatoms. The summed E-state index contributed by atoms with van der Waals surface area (Å²) in [6.07, 6.45) is -0.214. The number of carbonyl (C=O) groups is 2. The van der Waals surface area contributed by atoms with Gasteiger partial charge in [0.1, 0.15) is 6.61 Å².